The fourth-order valence-corrected chi connectivity index (χ4v) is 2.39. The van der Waals surface area contributed by atoms with Gasteiger partial charge in [-0.25, -0.2) is 0 Å². The van der Waals surface area contributed by atoms with Crippen molar-refractivity contribution in [2.24, 2.45) is 0 Å². The highest BCUT2D eigenvalue weighted by Crippen LogP contribution is 2.17. The topological polar surface area (TPSA) is 20.3 Å². The first kappa shape index (κ1) is 14.8. The van der Waals surface area contributed by atoms with E-state index in [0.717, 1.165) is 26.7 Å². The van der Waals surface area contributed by atoms with Gasteiger partial charge in [-0.2, -0.15) is 0 Å². The Labute approximate surface area is 128 Å². The van der Waals surface area contributed by atoms with Gasteiger partial charge >= 0.3 is 0 Å². The lowest BCUT2D eigenvalue weighted by atomic mass is 10.0. The van der Waals surface area contributed by atoms with E-state index in [9.17, 15) is 4.79 Å². The number of halogens is 1. The third-order valence-electron chi connectivity index (χ3n) is 3.51. The zero-order valence-corrected chi connectivity index (χ0v) is 13.6. The first-order valence-corrected chi connectivity index (χ1v) is 7.34. The summed E-state index contributed by atoms with van der Waals surface area (Å²) < 4.78 is 1.05. The highest BCUT2D eigenvalue weighted by molar-refractivity contribution is 9.10. The monoisotopic (exact) mass is 331 g/mol. The Balaban J connectivity index is 2.16. The van der Waals surface area contributed by atoms with E-state index in [2.05, 4.69) is 15.9 Å². The van der Waals surface area contributed by atoms with Crippen LogP contribution in [0.2, 0.25) is 0 Å². The second-order valence-corrected chi connectivity index (χ2v) is 5.95. The number of nitrogens with zero attached hydrogens (tertiary/aromatic N) is 1. The molecule has 0 radical (unpaired) electrons. The molecule has 0 aliphatic rings. The van der Waals surface area contributed by atoms with Gasteiger partial charge in [0.15, 0.2) is 0 Å². The predicted octanol–water partition coefficient (Wildman–Crippen LogP) is 4.34. The van der Waals surface area contributed by atoms with E-state index in [1.165, 1.54) is 0 Å². The van der Waals surface area contributed by atoms with Crippen LogP contribution in [0.3, 0.4) is 0 Å². The van der Waals surface area contributed by atoms with Gasteiger partial charge in [-0.05, 0) is 48.7 Å². The average molecular weight is 332 g/mol. The van der Waals surface area contributed by atoms with E-state index in [1.807, 2.05) is 63.4 Å². The minimum atomic E-state index is 0.0640. The van der Waals surface area contributed by atoms with Gasteiger partial charge < -0.3 is 4.90 Å². The van der Waals surface area contributed by atoms with Crippen LogP contribution in [0.1, 0.15) is 27.0 Å². The van der Waals surface area contributed by atoms with Crippen LogP contribution in [0.15, 0.2) is 46.9 Å². The van der Waals surface area contributed by atoms with Gasteiger partial charge in [0.05, 0.1) is 0 Å². The van der Waals surface area contributed by atoms with Crippen LogP contribution in [0.4, 0.5) is 0 Å². The number of hydrogen-bond acceptors (Lipinski definition) is 1. The summed E-state index contributed by atoms with van der Waals surface area (Å²) in [6.07, 6.45) is 0. The van der Waals surface area contributed by atoms with Crippen LogP contribution < -0.4 is 0 Å². The van der Waals surface area contributed by atoms with Crippen molar-refractivity contribution in [3.8, 4) is 0 Å². The minimum absolute atomic E-state index is 0.0640. The van der Waals surface area contributed by atoms with Gasteiger partial charge in [-0.1, -0.05) is 40.2 Å². The maximum absolute atomic E-state index is 12.5. The van der Waals surface area contributed by atoms with Crippen molar-refractivity contribution >= 4 is 21.8 Å². The number of carbonyl (C=O) groups excluding carboxylic acids is 1. The highest BCUT2D eigenvalue weighted by Gasteiger charge is 2.14. The lowest BCUT2D eigenvalue weighted by molar-refractivity contribution is 0.0784. The van der Waals surface area contributed by atoms with Gasteiger partial charge in [-0.15, -0.1) is 0 Å². The van der Waals surface area contributed by atoms with Crippen LogP contribution in [0.5, 0.6) is 0 Å². The SMILES string of the molecule is Cc1cccc(C(=O)N(C)Cc2ccc(Br)cc2)c1C. The van der Waals surface area contributed by atoms with Crippen molar-refractivity contribution in [2.45, 2.75) is 20.4 Å². The summed E-state index contributed by atoms with van der Waals surface area (Å²) in [7, 11) is 1.84. The van der Waals surface area contributed by atoms with Crippen LogP contribution in [-0.2, 0) is 6.54 Å². The fourth-order valence-electron chi connectivity index (χ4n) is 2.12. The largest absolute Gasteiger partial charge is 0.337 e. The molecule has 0 N–H and O–H groups in total. The fraction of sp³-hybridized carbons (Fsp3) is 0.235. The zero-order valence-electron chi connectivity index (χ0n) is 12.0. The van der Waals surface area contributed by atoms with Crippen LogP contribution in [0, 0.1) is 13.8 Å². The maximum atomic E-state index is 12.5. The maximum Gasteiger partial charge on any atom is 0.254 e. The summed E-state index contributed by atoms with van der Waals surface area (Å²) in [5, 5.41) is 0. The lowest BCUT2D eigenvalue weighted by Gasteiger charge is -2.19. The number of hydrogen-bond donors (Lipinski definition) is 0. The van der Waals surface area contributed by atoms with Crippen molar-refractivity contribution in [2.75, 3.05) is 7.05 Å². The Hall–Kier alpha value is -1.61. The normalized spacial score (nSPS) is 10.4. The number of benzene rings is 2. The van der Waals surface area contributed by atoms with Gasteiger partial charge in [0.1, 0.15) is 0 Å². The Morgan fingerprint density at radius 2 is 1.75 bits per heavy atom. The molecule has 2 nitrogen and oxygen atoms in total. The smallest absolute Gasteiger partial charge is 0.254 e. The number of rotatable bonds is 3. The number of amides is 1. The minimum Gasteiger partial charge on any atom is -0.337 e. The van der Waals surface area contributed by atoms with E-state index in [-0.39, 0.29) is 5.91 Å². The van der Waals surface area contributed by atoms with Crippen molar-refractivity contribution in [1.29, 1.82) is 0 Å². The molecule has 2 rings (SSSR count). The molecule has 0 saturated carbocycles. The summed E-state index contributed by atoms with van der Waals surface area (Å²) in [6.45, 7) is 4.64. The van der Waals surface area contributed by atoms with E-state index in [1.54, 1.807) is 4.90 Å². The van der Waals surface area contributed by atoms with Gasteiger partial charge in [-0.3, -0.25) is 4.79 Å². The molecule has 0 spiro atoms. The molecule has 0 aliphatic carbocycles. The average Bonchev–Trinajstić information content (AvgIpc) is 2.43. The van der Waals surface area contributed by atoms with Crippen LogP contribution in [0.25, 0.3) is 0 Å². The number of carbonyl (C=O) groups is 1. The molecule has 1 amide bonds. The summed E-state index contributed by atoms with van der Waals surface area (Å²) in [5.74, 6) is 0.0640. The van der Waals surface area contributed by atoms with Gasteiger partial charge in [0.2, 0.25) is 0 Å². The van der Waals surface area contributed by atoms with Crippen molar-refractivity contribution < 1.29 is 4.79 Å². The zero-order chi connectivity index (χ0) is 14.7. The van der Waals surface area contributed by atoms with E-state index >= 15 is 0 Å². The van der Waals surface area contributed by atoms with Crippen molar-refractivity contribution in [3.63, 3.8) is 0 Å². The van der Waals surface area contributed by atoms with Crippen LogP contribution in [-0.4, -0.2) is 17.9 Å². The lowest BCUT2D eigenvalue weighted by Crippen LogP contribution is -2.27. The molecule has 0 aliphatic heterocycles. The standard InChI is InChI=1S/C17H18BrNO/c1-12-5-4-6-16(13(12)2)17(20)19(3)11-14-7-9-15(18)10-8-14/h4-10H,11H2,1-3H3. The molecule has 2 aromatic carbocycles. The third-order valence-corrected chi connectivity index (χ3v) is 4.04. The summed E-state index contributed by atoms with van der Waals surface area (Å²) >= 11 is 3.41. The van der Waals surface area contributed by atoms with Crippen LogP contribution >= 0.6 is 15.9 Å². The summed E-state index contributed by atoms with van der Waals surface area (Å²) in [5.41, 5.74) is 4.10. The molecular weight excluding hydrogens is 314 g/mol. The highest BCUT2D eigenvalue weighted by atomic mass is 79.9. The first-order chi connectivity index (χ1) is 9.49. The van der Waals surface area contributed by atoms with E-state index in [0.29, 0.717) is 6.54 Å². The second-order valence-electron chi connectivity index (χ2n) is 5.04. The molecule has 0 bridgehead atoms. The Morgan fingerprint density at radius 1 is 1.10 bits per heavy atom. The molecule has 0 aromatic heterocycles. The molecule has 0 saturated heterocycles. The Kier molecular flexibility index (Phi) is 4.61. The van der Waals surface area contributed by atoms with Gasteiger partial charge in [0.25, 0.3) is 5.91 Å². The summed E-state index contributed by atoms with van der Waals surface area (Å²) in [4.78, 5) is 14.3. The summed E-state index contributed by atoms with van der Waals surface area (Å²) in [6, 6.07) is 13.9. The Morgan fingerprint density at radius 3 is 2.40 bits per heavy atom. The Bertz CT molecular complexity index is 619. The molecule has 0 unspecified atom stereocenters. The molecule has 0 atom stereocenters. The van der Waals surface area contributed by atoms with E-state index in [4.69, 9.17) is 0 Å². The molecule has 0 fully saturated rings. The quantitative estimate of drug-likeness (QED) is 0.819. The molecule has 104 valence electrons. The first-order valence-electron chi connectivity index (χ1n) is 6.55. The third kappa shape index (κ3) is 3.28. The number of aryl methyl sites for hydroxylation is 1. The van der Waals surface area contributed by atoms with Gasteiger partial charge in [0, 0.05) is 23.6 Å². The van der Waals surface area contributed by atoms with Crippen molar-refractivity contribution in [1.82, 2.24) is 4.90 Å². The molecule has 0 heterocycles. The molecule has 2 aromatic rings. The molecule has 3 heteroatoms. The second kappa shape index (κ2) is 6.23. The van der Waals surface area contributed by atoms with E-state index < -0.39 is 0 Å². The van der Waals surface area contributed by atoms with Crippen molar-refractivity contribution in [3.05, 3.63) is 69.2 Å². The molecule has 20 heavy (non-hydrogen) atoms. The predicted molar refractivity (Wildman–Crippen MR) is 85.9 cm³/mol. The molecular formula is C17H18BrNO.